The maximum atomic E-state index is 12.1. The van der Waals surface area contributed by atoms with Gasteiger partial charge in [-0.25, -0.2) is 4.79 Å². The molecule has 0 radical (unpaired) electrons. The molecule has 0 fully saturated rings. The van der Waals surface area contributed by atoms with Gasteiger partial charge in [-0.2, -0.15) is 0 Å². The Morgan fingerprint density at radius 3 is 2.77 bits per heavy atom. The number of ether oxygens (including phenoxy) is 1. The predicted octanol–water partition coefficient (Wildman–Crippen LogP) is 3.01. The SMILES string of the molecule is O=C(COc1cccc(Cl)c1)NC(Cc1c[nH]c2ccccc12)C(=O)O. The molecule has 1 heterocycles. The number of aromatic amines is 1. The lowest BCUT2D eigenvalue weighted by Gasteiger charge is -2.14. The van der Waals surface area contributed by atoms with Crippen LogP contribution in [-0.2, 0) is 16.0 Å². The zero-order valence-corrected chi connectivity index (χ0v) is 14.5. The summed E-state index contributed by atoms with van der Waals surface area (Å²) < 4.78 is 5.34. The van der Waals surface area contributed by atoms with E-state index in [-0.39, 0.29) is 13.0 Å². The van der Waals surface area contributed by atoms with Gasteiger partial charge < -0.3 is 20.1 Å². The molecule has 2 aromatic carbocycles. The molecule has 0 aliphatic heterocycles. The summed E-state index contributed by atoms with van der Waals surface area (Å²) in [5.74, 6) is -1.18. The van der Waals surface area contributed by atoms with Gasteiger partial charge in [0.15, 0.2) is 6.61 Å². The van der Waals surface area contributed by atoms with Gasteiger partial charge in [0.05, 0.1) is 0 Å². The van der Waals surface area contributed by atoms with Crippen LogP contribution in [0, 0.1) is 0 Å². The van der Waals surface area contributed by atoms with Crippen molar-refractivity contribution in [1.82, 2.24) is 10.3 Å². The van der Waals surface area contributed by atoms with E-state index in [4.69, 9.17) is 16.3 Å². The number of halogens is 1. The highest BCUT2D eigenvalue weighted by atomic mass is 35.5. The molecule has 134 valence electrons. The lowest BCUT2D eigenvalue weighted by Crippen LogP contribution is -2.44. The molecule has 0 aliphatic rings. The topological polar surface area (TPSA) is 91.4 Å². The highest BCUT2D eigenvalue weighted by molar-refractivity contribution is 6.30. The number of aromatic nitrogens is 1. The van der Waals surface area contributed by atoms with Crippen LogP contribution >= 0.6 is 11.6 Å². The summed E-state index contributed by atoms with van der Waals surface area (Å²) in [7, 11) is 0. The highest BCUT2D eigenvalue weighted by Crippen LogP contribution is 2.19. The first-order valence-corrected chi connectivity index (χ1v) is 8.36. The Hall–Kier alpha value is -2.99. The number of fused-ring (bicyclic) bond motifs is 1. The van der Waals surface area contributed by atoms with Crippen molar-refractivity contribution < 1.29 is 19.4 Å². The zero-order chi connectivity index (χ0) is 18.5. The number of para-hydroxylation sites is 1. The van der Waals surface area contributed by atoms with Crippen LogP contribution in [0.25, 0.3) is 10.9 Å². The van der Waals surface area contributed by atoms with Gasteiger partial charge in [0.25, 0.3) is 5.91 Å². The number of hydrogen-bond acceptors (Lipinski definition) is 3. The second kappa shape index (κ2) is 7.93. The Labute approximate surface area is 154 Å². The normalized spacial score (nSPS) is 11.9. The lowest BCUT2D eigenvalue weighted by molar-refractivity contribution is -0.142. The number of carbonyl (C=O) groups is 2. The van der Waals surface area contributed by atoms with E-state index in [1.54, 1.807) is 30.5 Å². The van der Waals surface area contributed by atoms with Gasteiger partial charge in [0, 0.05) is 28.5 Å². The molecule has 1 amide bonds. The molecule has 1 aromatic heterocycles. The Morgan fingerprint density at radius 2 is 2.00 bits per heavy atom. The molecule has 1 unspecified atom stereocenters. The van der Waals surface area contributed by atoms with Crippen molar-refractivity contribution in [3.63, 3.8) is 0 Å². The number of rotatable bonds is 7. The first-order chi connectivity index (χ1) is 12.5. The molecule has 3 N–H and O–H groups in total. The van der Waals surface area contributed by atoms with Gasteiger partial charge in [-0.1, -0.05) is 35.9 Å². The zero-order valence-electron chi connectivity index (χ0n) is 13.7. The Bertz CT molecular complexity index is 938. The molecule has 26 heavy (non-hydrogen) atoms. The number of aliphatic carboxylic acids is 1. The van der Waals surface area contributed by atoms with Crippen molar-refractivity contribution in [1.29, 1.82) is 0 Å². The number of benzene rings is 2. The maximum Gasteiger partial charge on any atom is 0.326 e. The number of carbonyl (C=O) groups excluding carboxylic acids is 1. The van der Waals surface area contributed by atoms with E-state index in [2.05, 4.69) is 10.3 Å². The van der Waals surface area contributed by atoms with E-state index in [0.717, 1.165) is 16.5 Å². The Balaban J connectivity index is 1.63. The molecule has 7 heteroatoms. The monoisotopic (exact) mass is 372 g/mol. The molecule has 0 bridgehead atoms. The van der Waals surface area contributed by atoms with E-state index < -0.39 is 17.9 Å². The van der Waals surface area contributed by atoms with Gasteiger partial charge in [0.2, 0.25) is 0 Å². The van der Waals surface area contributed by atoms with Crippen LogP contribution in [0.1, 0.15) is 5.56 Å². The summed E-state index contributed by atoms with van der Waals surface area (Å²) in [4.78, 5) is 26.7. The molecule has 6 nitrogen and oxygen atoms in total. The quantitative estimate of drug-likeness (QED) is 0.594. The molecule has 3 aromatic rings. The van der Waals surface area contributed by atoms with E-state index in [0.29, 0.717) is 10.8 Å². The largest absolute Gasteiger partial charge is 0.484 e. The van der Waals surface area contributed by atoms with E-state index in [1.807, 2.05) is 24.3 Å². The fraction of sp³-hybridized carbons (Fsp3) is 0.158. The number of amides is 1. The second-order valence-corrected chi connectivity index (χ2v) is 6.20. The second-order valence-electron chi connectivity index (χ2n) is 5.77. The average molecular weight is 373 g/mol. The van der Waals surface area contributed by atoms with E-state index in [1.165, 1.54) is 0 Å². The molecule has 3 rings (SSSR count). The molecular formula is C19H17ClN2O4. The van der Waals surface area contributed by atoms with Crippen LogP contribution in [0.15, 0.2) is 54.7 Å². The summed E-state index contributed by atoms with van der Waals surface area (Å²) in [5.41, 5.74) is 1.74. The van der Waals surface area contributed by atoms with Crippen LogP contribution in [0.2, 0.25) is 5.02 Å². The molecule has 0 saturated carbocycles. The van der Waals surface area contributed by atoms with Gasteiger partial charge in [-0.15, -0.1) is 0 Å². The minimum absolute atomic E-state index is 0.169. The minimum atomic E-state index is -1.11. The van der Waals surface area contributed by atoms with Crippen molar-refractivity contribution >= 4 is 34.4 Å². The minimum Gasteiger partial charge on any atom is -0.484 e. The predicted molar refractivity (Wildman–Crippen MR) is 98.5 cm³/mol. The van der Waals surface area contributed by atoms with Crippen molar-refractivity contribution in [3.8, 4) is 5.75 Å². The lowest BCUT2D eigenvalue weighted by atomic mass is 10.1. The third-order valence-corrected chi connectivity index (χ3v) is 4.13. The van der Waals surface area contributed by atoms with Crippen LogP contribution in [0.4, 0.5) is 0 Å². The molecular weight excluding hydrogens is 356 g/mol. The number of H-pyrrole nitrogens is 1. The number of carboxylic acids is 1. The Kier molecular flexibility index (Phi) is 5.43. The van der Waals surface area contributed by atoms with Crippen molar-refractivity contribution in [3.05, 3.63) is 65.3 Å². The first-order valence-electron chi connectivity index (χ1n) is 7.98. The van der Waals surface area contributed by atoms with E-state index in [9.17, 15) is 14.7 Å². The van der Waals surface area contributed by atoms with Crippen LogP contribution in [0.5, 0.6) is 5.75 Å². The summed E-state index contributed by atoms with van der Waals surface area (Å²) in [5, 5.41) is 13.4. The summed E-state index contributed by atoms with van der Waals surface area (Å²) in [6.45, 7) is -0.294. The standard InChI is InChI=1S/C19H17ClN2O4/c20-13-4-3-5-14(9-13)26-11-18(23)22-17(19(24)25)8-12-10-21-16-7-2-1-6-15(12)16/h1-7,9-10,17,21H,8,11H2,(H,22,23)(H,24,25). The molecule has 0 aliphatic carbocycles. The molecule has 1 atom stereocenters. The third-order valence-electron chi connectivity index (χ3n) is 3.90. The number of nitrogens with one attached hydrogen (secondary N) is 2. The maximum absolute atomic E-state index is 12.1. The van der Waals surface area contributed by atoms with Gasteiger partial charge >= 0.3 is 5.97 Å². The van der Waals surface area contributed by atoms with Crippen molar-refractivity contribution in [2.45, 2.75) is 12.5 Å². The van der Waals surface area contributed by atoms with Crippen LogP contribution in [-0.4, -0.2) is 34.6 Å². The van der Waals surface area contributed by atoms with E-state index >= 15 is 0 Å². The number of hydrogen-bond donors (Lipinski definition) is 3. The Morgan fingerprint density at radius 1 is 1.19 bits per heavy atom. The van der Waals surface area contributed by atoms with Gasteiger partial charge in [-0.05, 0) is 29.8 Å². The average Bonchev–Trinajstić information content (AvgIpc) is 3.02. The summed E-state index contributed by atoms with van der Waals surface area (Å²) in [6.07, 6.45) is 1.93. The fourth-order valence-corrected chi connectivity index (χ4v) is 2.84. The van der Waals surface area contributed by atoms with Crippen molar-refractivity contribution in [2.24, 2.45) is 0 Å². The highest BCUT2D eigenvalue weighted by Gasteiger charge is 2.22. The third kappa shape index (κ3) is 4.34. The summed E-state index contributed by atoms with van der Waals surface area (Å²) in [6, 6.07) is 13.2. The fourth-order valence-electron chi connectivity index (χ4n) is 2.66. The smallest absolute Gasteiger partial charge is 0.326 e. The number of carboxylic acid groups (broad SMARTS) is 1. The molecule has 0 saturated heterocycles. The van der Waals surface area contributed by atoms with Gasteiger partial charge in [-0.3, -0.25) is 4.79 Å². The molecule has 0 spiro atoms. The first kappa shape index (κ1) is 17.8. The summed E-state index contributed by atoms with van der Waals surface area (Å²) >= 11 is 5.85. The van der Waals surface area contributed by atoms with Crippen LogP contribution in [0.3, 0.4) is 0 Å². The van der Waals surface area contributed by atoms with Crippen LogP contribution < -0.4 is 10.1 Å². The van der Waals surface area contributed by atoms with Gasteiger partial charge in [0.1, 0.15) is 11.8 Å². The van der Waals surface area contributed by atoms with Crippen molar-refractivity contribution in [2.75, 3.05) is 6.61 Å².